The Labute approximate surface area is 159 Å². The summed E-state index contributed by atoms with van der Waals surface area (Å²) in [5.74, 6) is 0.542. The molecule has 1 aliphatic heterocycles. The fraction of sp³-hybridized carbons (Fsp3) is 0.550. The number of nitrogens with zero attached hydrogens (tertiary/aromatic N) is 1. The average molecular weight is 379 g/mol. The molecule has 1 aromatic carbocycles. The van der Waals surface area contributed by atoms with Crippen LogP contribution in [0.4, 0.5) is 5.00 Å². The van der Waals surface area contributed by atoms with Crippen LogP contribution in [-0.2, 0) is 11.2 Å². The molecule has 2 atom stereocenters. The summed E-state index contributed by atoms with van der Waals surface area (Å²) >= 11 is 8.12. The molecule has 0 radical (unpaired) electrons. The van der Waals surface area contributed by atoms with Crippen molar-refractivity contribution in [3.63, 3.8) is 0 Å². The zero-order valence-corrected chi connectivity index (χ0v) is 16.6. The lowest BCUT2D eigenvalue weighted by Crippen LogP contribution is -2.40. The Morgan fingerprint density at radius 3 is 2.96 bits per heavy atom. The van der Waals surface area contributed by atoms with Crippen molar-refractivity contribution < 1.29 is 4.74 Å². The Bertz CT molecular complexity index is 661. The van der Waals surface area contributed by atoms with Gasteiger partial charge in [0.15, 0.2) is 0 Å². The Kier molecular flexibility index (Phi) is 6.37. The minimum Gasteiger partial charge on any atom is -0.378 e. The lowest BCUT2D eigenvalue weighted by atomic mass is 9.69. The average Bonchev–Trinajstić information content (AvgIpc) is 3.11. The first-order valence-electron chi connectivity index (χ1n) is 9.05. The van der Waals surface area contributed by atoms with Crippen molar-refractivity contribution in [3.8, 4) is 0 Å². The standard InChI is InChI=1S/C20H27ClN2OS/c1-15(2)18-12-20(8-10-24-18,7-9-23-19-13-22-14-25-19)11-16-5-3-4-6-17(16)21/h3-6,13-15,18,23H,7-12H2,1-2H3/t18-,20+/m0/s1. The molecule has 0 unspecified atom stereocenters. The summed E-state index contributed by atoms with van der Waals surface area (Å²) in [6.45, 7) is 6.31. The molecule has 2 aromatic rings. The minimum absolute atomic E-state index is 0.232. The number of rotatable bonds is 7. The summed E-state index contributed by atoms with van der Waals surface area (Å²) in [6, 6.07) is 8.26. The Hall–Kier alpha value is -1.10. The fourth-order valence-corrected chi connectivity index (χ4v) is 4.46. The molecule has 0 aliphatic carbocycles. The lowest BCUT2D eigenvalue weighted by molar-refractivity contribution is -0.0711. The van der Waals surface area contributed by atoms with E-state index in [9.17, 15) is 0 Å². The van der Waals surface area contributed by atoms with Crippen LogP contribution < -0.4 is 5.32 Å². The molecule has 5 heteroatoms. The van der Waals surface area contributed by atoms with E-state index in [1.54, 1.807) is 11.3 Å². The van der Waals surface area contributed by atoms with E-state index in [1.165, 1.54) is 5.56 Å². The number of thiazole rings is 1. The molecule has 0 saturated carbocycles. The van der Waals surface area contributed by atoms with Gasteiger partial charge in [-0.15, -0.1) is 11.3 Å². The van der Waals surface area contributed by atoms with Crippen molar-refractivity contribution in [1.82, 2.24) is 4.98 Å². The zero-order chi connectivity index (χ0) is 17.7. The van der Waals surface area contributed by atoms with Crippen molar-refractivity contribution in [1.29, 1.82) is 0 Å². The molecule has 136 valence electrons. The summed E-state index contributed by atoms with van der Waals surface area (Å²) in [4.78, 5) is 4.14. The van der Waals surface area contributed by atoms with Crippen LogP contribution in [0.2, 0.25) is 5.02 Å². The summed E-state index contributed by atoms with van der Waals surface area (Å²) in [7, 11) is 0. The van der Waals surface area contributed by atoms with Gasteiger partial charge >= 0.3 is 0 Å². The van der Waals surface area contributed by atoms with Crippen molar-refractivity contribution >= 4 is 27.9 Å². The van der Waals surface area contributed by atoms with Crippen LogP contribution in [0.1, 0.15) is 38.7 Å². The molecule has 1 fully saturated rings. The summed E-state index contributed by atoms with van der Waals surface area (Å²) in [6.07, 6.45) is 6.55. The van der Waals surface area contributed by atoms with Crippen LogP contribution in [0.5, 0.6) is 0 Å². The second kappa shape index (κ2) is 8.52. The van der Waals surface area contributed by atoms with Crippen LogP contribution in [0.25, 0.3) is 0 Å². The molecule has 0 bridgehead atoms. The molecular weight excluding hydrogens is 352 g/mol. The number of hydrogen-bond donors (Lipinski definition) is 1. The van der Waals surface area contributed by atoms with Gasteiger partial charge in [0, 0.05) is 18.2 Å². The smallest absolute Gasteiger partial charge is 0.108 e. The van der Waals surface area contributed by atoms with E-state index >= 15 is 0 Å². The first-order chi connectivity index (χ1) is 12.1. The molecule has 0 spiro atoms. The summed E-state index contributed by atoms with van der Waals surface area (Å²) < 4.78 is 6.05. The van der Waals surface area contributed by atoms with Gasteiger partial charge in [0.1, 0.15) is 5.00 Å². The predicted molar refractivity (Wildman–Crippen MR) is 107 cm³/mol. The molecule has 0 amide bonds. The van der Waals surface area contributed by atoms with Crippen molar-refractivity contribution in [2.45, 2.75) is 45.6 Å². The summed E-state index contributed by atoms with van der Waals surface area (Å²) in [5, 5.41) is 5.54. The van der Waals surface area contributed by atoms with Crippen LogP contribution in [0.15, 0.2) is 36.0 Å². The van der Waals surface area contributed by atoms with Gasteiger partial charge in [0.25, 0.3) is 0 Å². The largest absolute Gasteiger partial charge is 0.378 e. The number of halogens is 1. The number of benzene rings is 1. The van der Waals surface area contributed by atoms with Gasteiger partial charge in [0.05, 0.1) is 17.8 Å². The Morgan fingerprint density at radius 1 is 1.40 bits per heavy atom. The third kappa shape index (κ3) is 4.96. The maximum absolute atomic E-state index is 6.47. The maximum Gasteiger partial charge on any atom is 0.108 e. The molecule has 3 nitrogen and oxygen atoms in total. The highest BCUT2D eigenvalue weighted by Crippen LogP contribution is 2.42. The molecule has 1 N–H and O–H groups in total. The molecule has 25 heavy (non-hydrogen) atoms. The van der Waals surface area contributed by atoms with Crippen LogP contribution >= 0.6 is 22.9 Å². The number of nitrogens with one attached hydrogen (secondary N) is 1. The van der Waals surface area contributed by atoms with Gasteiger partial charge in [-0.1, -0.05) is 43.6 Å². The van der Waals surface area contributed by atoms with Crippen molar-refractivity contribution in [2.24, 2.45) is 11.3 Å². The lowest BCUT2D eigenvalue weighted by Gasteiger charge is -2.43. The van der Waals surface area contributed by atoms with Gasteiger partial charge in [-0.05, 0) is 48.6 Å². The highest BCUT2D eigenvalue weighted by Gasteiger charge is 2.38. The number of hydrogen-bond acceptors (Lipinski definition) is 4. The van der Waals surface area contributed by atoms with E-state index < -0.39 is 0 Å². The molecule has 1 saturated heterocycles. The van der Waals surface area contributed by atoms with E-state index in [0.717, 1.165) is 48.9 Å². The highest BCUT2D eigenvalue weighted by molar-refractivity contribution is 7.13. The van der Waals surface area contributed by atoms with Gasteiger partial charge < -0.3 is 10.1 Å². The Balaban J connectivity index is 1.74. The monoisotopic (exact) mass is 378 g/mol. The zero-order valence-electron chi connectivity index (χ0n) is 15.0. The molecule has 1 aliphatic rings. The highest BCUT2D eigenvalue weighted by atomic mass is 35.5. The molecule has 1 aromatic heterocycles. The van der Waals surface area contributed by atoms with Gasteiger partial charge in [-0.25, -0.2) is 0 Å². The van der Waals surface area contributed by atoms with Crippen LogP contribution in [0.3, 0.4) is 0 Å². The third-order valence-corrected chi connectivity index (χ3v) is 6.35. The van der Waals surface area contributed by atoms with Gasteiger partial charge in [-0.2, -0.15) is 0 Å². The van der Waals surface area contributed by atoms with E-state index in [-0.39, 0.29) is 5.41 Å². The van der Waals surface area contributed by atoms with Crippen LogP contribution in [-0.4, -0.2) is 24.2 Å². The van der Waals surface area contributed by atoms with Gasteiger partial charge in [-0.3, -0.25) is 4.98 Å². The van der Waals surface area contributed by atoms with E-state index in [0.29, 0.717) is 12.0 Å². The van der Waals surface area contributed by atoms with E-state index in [2.05, 4.69) is 36.3 Å². The second-order valence-electron chi connectivity index (χ2n) is 7.42. The number of ether oxygens (including phenoxy) is 1. The second-order valence-corrected chi connectivity index (χ2v) is 8.71. The van der Waals surface area contributed by atoms with Gasteiger partial charge in [0.2, 0.25) is 0 Å². The first-order valence-corrected chi connectivity index (χ1v) is 10.3. The number of aromatic nitrogens is 1. The topological polar surface area (TPSA) is 34.2 Å². The molecular formula is C20H27ClN2OS. The maximum atomic E-state index is 6.47. The predicted octanol–water partition coefficient (Wildman–Crippen LogP) is 5.66. The first kappa shape index (κ1) is 18.7. The quantitative estimate of drug-likeness (QED) is 0.674. The Morgan fingerprint density at radius 2 is 2.24 bits per heavy atom. The van der Waals surface area contributed by atoms with Crippen molar-refractivity contribution in [2.75, 3.05) is 18.5 Å². The van der Waals surface area contributed by atoms with E-state index in [4.69, 9.17) is 16.3 Å². The fourth-order valence-electron chi connectivity index (χ4n) is 3.72. The minimum atomic E-state index is 0.232. The molecule has 3 rings (SSSR count). The normalized spacial score (nSPS) is 23.8. The SMILES string of the molecule is CC(C)[C@@H]1C[C@@](CCNc2cncs2)(Cc2ccccc2Cl)CCO1. The van der Waals surface area contributed by atoms with Crippen LogP contribution in [0, 0.1) is 11.3 Å². The van der Waals surface area contributed by atoms with E-state index in [1.807, 2.05) is 23.8 Å². The third-order valence-electron chi connectivity index (χ3n) is 5.25. The summed E-state index contributed by atoms with van der Waals surface area (Å²) in [5.41, 5.74) is 3.35. The number of anilines is 1. The molecule has 2 heterocycles. The van der Waals surface area contributed by atoms with Crippen molar-refractivity contribution in [3.05, 3.63) is 46.6 Å².